The molecule has 1 amide bonds. The number of anilines is 1. The fourth-order valence-corrected chi connectivity index (χ4v) is 2.02. The number of carbonyl (C=O) groups is 2. The number of halogens is 1. The Balaban J connectivity index is 1.92. The van der Waals surface area contributed by atoms with Crippen molar-refractivity contribution in [3.8, 4) is 5.75 Å². The Morgan fingerprint density at radius 2 is 1.82 bits per heavy atom. The normalized spacial score (nSPS) is 10.1. The van der Waals surface area contributed by atoms with Crippen LogP contribution in [0.3, 0.4) is 0 Å². The molecule has 4 nitrogen and oxygen atoms in total. The summed E-state index contributed by atoms with van der Waals surface area (Å²) in [5.74, 6) is 0.159. The van der Waals surface area contributed by atoms with Gasteiger partial charge in [0.15, 0.2) is 12.4 Å². The lowest BCUT2D eigenvalue weighted by Crippen LogP contribution is -2.20. The monoisotopic (exact) mass is 317 g/mol. The second-order valence-electron chi connectivity index (χ2n) is 4.90. The maximum Gasteiger partial charge on any atom is 0.262 e. The lowest BCUT2D eigenvalue weighted by atomic mass is 10.1. The molecule has 0 aromatic heterocycles. The van der Waals surface area contributed by atoms with Crippen LogP contribution in [-0.2, 0) is 4.79 Å². The van der Waals surface area contributed by atoms with Crippen molar-refractivity contribution in [3.63, 3.8) is 0 Å². The number of carbonyl (C=O) groups excluding carboxylic acids is 2. The highest BCUT2D eigenvalue weighted by Gasteiger charge is 2.07. The zero-order valence-electron chi connectivity index (χ0n) is 12.4. The van der Waals surface area contributed by atoms with Gasteiger partial charge in [-0.1, -0.05) is 17.7 Å². The molecule has 22 heavy (non-hydrogen) atoms. The Kier molecular flexibility index (Phi) is 5.17. The fourth-order valence-electron chi connectivity index (χ4n) is 1.85. The van der Waals surface area contributed by atoms with Gasteiger partial charge in [-0.05, 0) is 55.8 Å². The zero-order chi connectivity index (χ0) is 16.1. The van der Waals surface area contributed by atoms with Gasteiger partial charge in [0, 0.05) is 11.3 Å². The molecule has 0 saturated heterocycles. The molecule has 0 atom stereocenters. The van der Waals surface area contributed by atoms with Crippen molar-refractivity contribution in [3.05, 3.63) is 58.6 Å². The summed E-state index contributed by atoms with van der Waals surface area (Å²) >= 11 is 6.00. The summed E-state index contributed by atoms with van der Waals surface area (Å²) in [6, 6.07) is 12.0. The summed E-state index contributed by atoms with van der Waals surface area (Å²) in [4.78, 5) is 23.0. The highest BCUT2D eigenvalue weighted by molar-refractivity contribution is 6.32. The van der Waals surface area contributed by atoms with Crippen molar-refractivity contribution >= 4 is 29.0 Å². The number of hydrogen-bond acceptors (Lipinski definition) is 3. The summed E-state index contributed by atoms with van der Waals surface area (Å²) < 4.78 is 5.42. The number of benzene rings is 2. The minimum Gasteiger partial charge on any atom is -0.482 e. The van der Waals surface area contributed by atoms with Gasteiger partial charge in [0.05, 0.1) is 5.02 Å². The second kappa shape index (κ2) is 7.09. The molecule has 0 bridgehead atoms. The fraction of sp³-hybridized carbons (Fsp3) is 0.176. The largest absolute Gasteiger partial charge is 0.482 e. The molecule has 1 N–H and O–H groups in total. The second-order valence-corrected chi connectivity index (χ2v) is 5.31. The first kappa shape index (κ1) is 16.0. The van der Waals surface area contributed by atoms with E-state index in [4.69, 9.17) is 16.3 Å². The Bertz CT molecular complexity index is 696. The van der Waals surface area contributed by atoms with Crippen LogP contribution in [0.2, 0.25) is 5.02 Å². The Morgan fingerprint density at radius 1 is 1.14 bits per heavy atom. The maximum absolute atomic E-state index is 11.9. The van der Waals surface area contributed by atoms with E-state index in [0.717, 1.165) is 5.56 Å². The first-order chi connectivity index (χ1) is 10.5. The highest BCUT2D eigenvalue weighted by atomic mass is 35.5. The minimum absolute atomic E-state index is 0.0182. The van der Waals surface area contributed by atoms with E-state index < -0.39 is 0 Å². The standard InChI is InChI=1S/C17H16ClNO3/c1-11-3-8-15(18)16(9-11)22-10-17(21)19-14-6-4-13(5-7-14)12(2)20/h3-9H,10H2,1-2H3,(H,19,21). The van der Waals surface area contributed by atoms with Crippen LogP contribution in [0.1, 0.15) is 22.8 Å². The third-order valence-corrected chi connectivity index (χ3v) is 3.33. The molecular weight excluding hydrogens is 302 g/mol. The Labute approximate surface area is 134 Å². The van der Waals surface area contributed by atoms with Crippen LogP contribution in [0.15, 0.2) is 42.5 Å². The van der Waals surface area contributed by atoms with E-state index in [0.29, 0.717) is 22.0 Å². The van der Waals surface area contributed by atoms with E-state index in [1.807, 2.05) is 13.0 Å². The lowest BCUT2D eigenvalue weighted by molar-refractivity contribution is -0.118. The summed E-state index contributed by atoms with van der Waals surface area (Å²) in [6.07, 6.45) is 0. The van der Waals surface area contributed by atoms with Gasteiger partial charge in [-0.25, -0.2) is 0 Å². The van der Waals surface area contributed by atoms with Gasteiger partial charge in [-0.3, -0.25) is 9.59 Å². The molecule has 0 unspecified atom stereocenters. The van der Waals surface area contributed by atoms with Crippen LogP contribution in [-0.4, -0.2) is 18.3 Å². The third-order valence-electron chi connectivity index (χ3n) is 3.02. The minimum atomic E-state index is -0.298. The van der Waals surface area contributed by atoms with Crippen molar-refractivity contribution in [1.82, 2.24) is 0 Å². The SMILES string of the molecule is CC(=O)c1ccc(NC(=O)COc2cc(C)ccc2Cl)cc1. The Hall–Kier alpha value is -2.33. The molecule has 2 aromatic rings. The number of ketones is 1. The van der Waals surface area contributed by atoms with Crippen molar-refractivity contribution in [2.24, 2.45) is 0 Å². The zero-order valence-corrected chi connectivity index (χ0v) is 13.1. The predicted octanol–water partition coefficient (Wildman–Crippen LogP) is 3.87. The van der Waals surface area contributed by atoms with Crippen LogP contribution in [0.4, 0.5) is 5.69 Å². The molecule has 2 aromatic carbocycles. The van der Waals surface area contributed by atoms with Crippen molar-refractivity contribution < 1.29 is 14.3 Å². The van der Waals surface area contributed by atoms with Crippen LogP contribution in [0.25, 0.3) is 0 Å². The van der Waals surface area contributed by atoms with Gasteiger partial charge >= 0.3 is 0 Å². The summed E-state index contributed by atoms with van der Waals surface area (Å²) in [7, 11) is 0. The third kappa shape index (κ3) is 4.33. The van der Waals surface area contributed by atoms with Crippen LogP contribution < -0.4 is 10.1 Å². The molecule has 0 heterocycles. The molecule has 0 radical (unpaired) electrons. The van der Waals surface area contributed by atoms with Crippen molar-refractivity contribution in [1.29, 1.82) is 0 Å². The van der Waals surface area contributed by atoms with E-state index in [1.54, 1.807) is 36.4 Å². The number of ether oxygens (including phenoxy) is 1. The first-order valence-corrected chi connectivity index (χ1v) is 7.13. The van der Waals surface area contributed by atoms with Gasteiger partial charge in [0.2, 0.25) is 0 Å². The van der Waals surface area contributed by atoms with Crippen LogP contribution >= 0.6 is 11.6 Å². The molecule has 0 fully saturated rings. The first-order valence-electron chi connectivity index (χ1n) is 6.75. The molecule has 5 heteroatoms. The molecule has 0 aliphatic carbocycles. The van der Waals surface area contributed by atoms with Crippen LogP contribution in [0.5, 0.6) is 5.75 Å². The molecule has 2 rings (SSSR count). The molecule has 0 spiro atoms. The molecule has 114 valence electrons. The van der Waals surface area contributed by atoms with Crippen LogP contribution in [0, 0.1) is 6.92 Å². The van der Waals surface area contributed by atoms with E-state index in [1.165, 1.54) is 6.92 Å². The molecular formula is C17H16ClNO3. The highest BCUT2D eigenvalue weighted by Crippen LogP contribution is 2.25. The average Bonchev–Trinajstić information content (AvgIpc) is 2.49. The predicted molar refractivity (Wildman–Crippen MR) is 86.8 cm³/mol. The van der Waals surface area contributed by atoms with E-state index in [9.17, 15) is 9.59 Å². The van der Waals surface area contributed by atoms with E-state index >= 15 is 0 Å². The number of aryl methyl sites for hydroxylation is 1. The molecule has 0 aliphatic heterocycles. The summed E-state index contributed by atoms with van der Waals surface area (Å²) in [5.41, 5.74) is 2.20. The number of nitrogens with one attached hydrogen (secondary N) is 1. The maximum atomic E-state index is 11.9. The van der Waals surface area contributed by atoms with Gasteiger partial charge in [0.25, 0.3) is 5.91 Å². The lowest BCUT2D eigenvalue weighted by Gasteiger charge is -2.09. The van der Waals surface area contributed by atoms with E-state index in [2.05, 4.69) is 5.32 Å². The topological polar surface area (TPSA) is 55.4 Å². The van der Waals surface area contributed by atoms with Gasteiger partial charge < -0.3 is 10.1 Å². The quantitative estimate of drug-likeness (QED) is 0.852. The number of hydrogen-bond donors (Lipinski definition) is 1. The Morgan fingerprint density at radius 3 is 2.45 bits per heavy atom. The van der Waals surface area contributed by atoms with Crippen molar-refractivity contribution in [2.75, 3.05) is 11.9 Å². The number of rotatable bonds is 5. The molecule has 0 aliphatic rings. The van der Waals surface area contributed by atoms with Gasteiger partial charge in [-0.15, -0.1) is 0 Å². The van der Waals surface area contributed by atoms with Crippen molar-refractivity contribution in [2.45, 2.75) is 13.8 Å². The van der Waals surface area contributed by atoms with E-state index in [-0.39, 0.29) is 18.3 Å². The number of amides is 1. The molecule has 0 saturated carbocycles. The smallest absolute Gasteiger partial charge is 0.262 e. The van der Waals surface area contributed by atoms with Gasteiger partial charge in [-0.2, -0.15) is 0 Å². The van der Waals surface area contributed by atoms with Gasteiger partial charge in [0.1, 0.15) is 5.75 Å². The average molecular weight is 318 g/mol. The summed E-state index contributed by atoms with van der Waals surface area (Å²) in [5, 5.41) is 3.16. The number of Topliss-reactive ketones (excluding diaryl/α,β-unsaturated/α-hetero) is 1. The summed E-state index contributed by atoms with van der Waals surface area (Å²) in [6.45, 7) is 3.27.